The van der Waals surface area contributed by atoms with Crippen molar-refractivity contribution < 1.29 is 38.1 Å². The number of hydrogen-bond acceptors (Lipinski definition) is 8. The first-order valence-electron chi connectivity index (χ1n) is 11.1. The number of nitrogens with zero attached hydrogens (tertiary/aromatic N) is 1. The number of furan rings is 1. The van der Waals surface area contributed by atoms with Crippen LogP contribution in [0.3, 0.4) is 0 Å². The van der Waals surface area contributed by atoms with Crippen LogP contribution in [0.2, 0.25) is 0 Å². The molecule has 1 aliphatic heterocycles. The van der Waals surface area contributed by atoms with Gasteiger partial charge in [-0.05, 0) is 53.9 Å². The maximum Gasteiger partial charge on any atom is 0.337 e. The van der Waals surface area contributed by atoms with Crippen molar-refractivity contribution in [2.75, 3.05) is 27.9 Å². The molecule has 0 bridgehead atoms. The zero-order chi connectivity index (χ0) is 25.8. The van der Waals surface area contributed by atoms with Crippen LogP contribution in [-0.4, -0.2) is 55.5 Å². The van der Waals surface area contributed by atoms with Crippen LogP contribution in [0.4, 0.5) is 0 Å². The second-order valence-electron chi connectivity index (χ2n) is 8.02. The average Bonchev–Trinajstić information content (AvgIpc) is 3.54. The highest BCUT2D eigenvalue weighted by molar-refractivity contribution is 6.15. The van der Waals surface area contributed by atoms with Crippen molar-refractivity contribution in [1.29, 1.82) is 0 Å². The molecule has 186 valence electrons. The molecule has 3 aromatic rings. The third-order valence-electron chi connectivity index (χ3n) is 6.03. The van der Waals surface area contributed by atoms with Crippen LogP contribution in [0.5, 0.6) is 11.5 Å². The molecule has 9 heteroatoms. The minimum Gasteiger partial charge on any atom is -0.503 e. The van der Waals surface area contributed by atoms with Crippen molar-refractivity contribution in [1.82, 2.24) is 4.90 Å². The first kappa shape index (κ1) is 24.6. The molecule has 0 saturated carbocycles. The lowest BCUT2D eigenvalue weighted by molar-refractivity contribution is -0.129. The Labute approximate surface area is 207 Å². The molecule has 4 rings (SSSR count). The normalized spacial score (nSPS) is 15.2. The standard InChI is InChI=1S/C27H25NO8/c1-33-19-11-6-16(15-21(19)34-2)12-13-28-23(17-7-9-18(10-8-17)27(32)35-3)22(25(30)26(28)31)24(29)20-5-4-14-36-20/h4-11,14-15,23,30H,12-13H2,1-3H3/t23-/m1/s1. The Hall–Kier alpha value is -4.53. The second-order valence-corrected chi connectivity index (χ2v) is 8.02. The van der Waals surface area contributed by atoms with Gasteiger partial charge in [0, 0.05) is 6.54 Å². The molecule has 0 fully saturated rings. The molecular weight excluding hydrogens is 466 g/mol. The lowest BCUT2D eigenvalue weighted by Gasteiger charge is -2.27. The minimum absolute atomic E-state index is 0.00210. The lowest BCUT2D eigenvalue weighted by Crippen LogP contribution is -2.33. The molecule has 2 aromatic carbocycles. The summed E-state index contributed by atoms with van der Waals surface area (Å²) in [6.07, 6.45) is 1.76. The van der Waals surface area contributed by atoms with Crippen molar-refractivity contribution in [3.63, 3.8) is 0 Å². The number of ether oxygens (including phenoxy) is 3. The van der Waals surface area contributed by atoms with E-state index in [1.807, 2.05) is 12.1 Å². The number of Topliss-reactive ketones (excluding diaryl/α,β-unsaturated/α-hetero) is 1. The van der Waals surface area contributed by atoms with Gasteiger partial charge in [0.15, 0.2) is 23.0 Å². The van der Waals surface area contributed by atoms with Crippen LogP contribution < -0.4 is 9.47 Å². The molecule has 0 saturated heterocycles. The van der Waals surface area contributed by atoms with Gasteiger partial charge >= 0.3 is 5.97 Å². The number of carbonyl (C=O) groups is 3. The highest BCUT2D eigenvalue weighted by atomic mass is 16.5. The summed E-state index contributed by atoms with van der Waals surface area (Å²) in [4.78, 5) is 39.7. The third kappa shape index (κ3) is 4.55. The fourth-order valence-corrected chi connectivity index (χ4v) is 4.21. The van der Waals surface area contributed by atoms with E-state index in [1.165, 1.54) is 31.4 Å². The Balaban J connectivity index is 1.69. The molecule has 0 unspecified atom stereocenters. The Bertz CT molecular complexity index is 1310. The number of methoxy groups -OCH3 is 3. The molecule has 1 aliphatic rings. The monoisotopic (exact) mass is 491 g/mol. The van der Waals surface area contributed by atoms with Crippen molar-refractivity contribution in [3.8, 4) is 11.5 Å². The first-order chi connectivity index (χ1) is 17.4. The molecule has 0 aliphatic carbocycles. The van der Waals surface area contributed by atoms with Gasteiger partial charge in [-0.15, -0.1) is 0 Å². The highest BCUT2D eigenvalue weighted by Gasteiger charge is 2.44. The number of aliphatic hydroxyl groups excluding tert-OH is 1. The van der Waals surface area contributed by atoms with E-state index < -0.39 is 29.5 Å². The number of amides is 1. The summed E-state index contributed by atoms with van der Waals surface area (Å²) in [6, 6.07) is 13.9. The maximum absolute atomic E-state index is 13.2. The smallest absolute Gasteiger partial charge is 0.337 e. The van der Waals surface area contributed by atoms with Crippen molar-refractivity contribution in [2.45, 2.75) is 12.5 Å². The van der Waals surface area contributed by atoms with Crippen LogP contribution in [0, 0.1) is 0 Å². The van der Waals surface area contributed by atoms with Crippen LogP contribution in [-0.2, 0) is 16.0 Å². The van der Waals surface area contributed by atoms with Gasteiger partial charge in [0.25, 0.3) is 5.91 Å². The zero-order valence-electron chi connectivity index (χ0n) is 20.0. The molecule has 9 nitrogen and oxygen atoms in total. The minimum atomic E-state index is -0.887. The van der Waals surface area contributed by atoms with Crippen LogP contribution >= 0.6 is 0 Å². The predicted octanol–water partition coefficient (Wildman–Crippen LogP) is 3.90. The molecule has 1 amide bonds. The molecule has 2 heterocycles. The molecule has 1 N–H and O–H groups in total. The van der Waals surface area contributed by atoms with Gasteiger partial charge in [0.05, 0.1) is 44.8 Å². The molecule has 0 spiro atoms. The summed E-state index contributed by atoms with van der Waals surface area (Å²) in [6.45, 7) is 0.191. The largest absolute Gasteiger partial charge is 0.503 e. The molecule has 1 atom stereocenters. The second kappa shape index (κ2) is 10.4. The van der Waals surface area contributed by atoms with Gasteiger partial charge < -0.3 is 28.6 Å². The highest BCUT2D eigenvalue weighted by Crippen LogP contribution is 2.39. The number of carbonyl (C=O) groups excluding carboxylic acids is 3. The fraction of sp³-hybridized carbons (Fsp3) is 0.222. The van der Waals surface area contributed by atoms with E-state index in [4.69, 9.17) is 18.6 Å². The molecule has 0 radical (unpaired) electrons. The third-order valence-corrected chi connectivity index (χ3v) is 6.03. The molecule has 36 heavy (non-hydrogen) atoms. The summed E-state index contributed by atoms with van der Waals surface area (Å²) in [5, 5.41) is 10.8. The molecular formula is C27H25NO8. The number of esters is 1. The quantitative estimate of drug-likeness (QED) is 0.354. The molecule has 1 aromatic heterocycles. The predicted molar refractivity (Wildman–Crippen MR) is 128 cm³/mol. The topological polar surface area (TPSA) is 116 Å². The van der Waals surface area contributed by atoms with Crippen molar-refractivity contribution in [3.05, 3.63) is 94.6 Å². The van der Waals surface area contributed by atoms with Gasteiger partial charge in [0.1, 0.15) is 0 Å². The summed E-state index contributed by atoms with van der Waals surface area (Å²) in [5.74, 6) is -1.29. The number of ketones is 1. The van der Waals surface area contributed by atoms with Crippen LogP contribution in [0.1, 0.15) is 38.1 Å². The average molecular weight is 491 g/mol. The van der Waals surface area contributed by atoms with Gasteiger partial charge in [0.2, 0.25) is 5.78 Å². The lowest BCUT2D eigenvalue weighted by atomic mass is 9.94. The van der Waals surface area contributed by atoms with E-state index in [1.54, 1.807) is 43.5 Å². The van der Waals surface area contributed by atoms with E-state index in [-0.39, 0.29) is 17.9 Å². The van der Waals surface area contributed by atoms with E-state index in [0.29, 0.717) is 29.0 Å². The summed E-state index contributed by atoms with van der Waals surface area (Å²) in [7, 11) is 4.36. The number of aliphatic hydroxyl groups is 1. The van der Waals surface area contributed by atoms with E-state index >= 15 is 0 Å². The van der Waals surface area contributed by atoms with Crippen LogP contribution in [0.25, 0.3) is 0 Å². The van der Waals surface area contributed by atoms with Gasteiger partial charge in [-0.3, -0.25) is 9.59 Å². The summed E-state index contributed by atoms with van der Waals surface area (Å²) >= 11 is 0. The fourth-order valence-electron chi connectivity index (χ4n) is 4.21. The Morgan fingerprint density at radius 2 is 1.72 bits per heavy atom. The van der Waals surface area contributed by atoms with Gasteiger partial charge in [-0.1, -0.05) is 18.2 Å². The Kier molecular flexibility index (Phi) is 7.10. The summed E-state index contributed by atoms with van der Waals surface area (Å²) in [5.41, 5.74) is 1.63. The van der Waals surface area contributed by atoms with Crippen molar-refractivity contribution in [2.24, 2.45) is 0 Å². The van der Waals surface area contributed by atoms with E-state index in [2.05, 4.69) is 0 Å². The van der Waals surface area contributed by atoms with Gasteiger partial charge in [-0.25, -0.2) is 4.79 Å². The van der Waals surface area contributed by atoms with Crippen LogP contribution in [0.15, 0.2) is 76.6 Å². The summed E-state index contributed by atoms with van der Waals surface area (Å²) < 4.78 is 20.6. The van der Waals surface area contributed by atoms with E-state index in [0.717, 1.165) is 5.56 Å². The SMILES string of the molecule is COC(=O)c1ccc([C@@H]2C(C(=O)c3ccco3)=C(O)C(=O)N2CCc2ccc(OC)c(OC)c2)cc1. The number of benzene rings is 2. The maximum atomic E-state index is 13.2. The van der Waals surface area contributed by atoms with Gasteiger partial charge in [-0.2, -0.15) is 0 Å². The Morgan fingerprint density at radius 1 is 1.00 bits per heavy atom. The zero-order valence-corrected chi connectivity index (χ0v) is 20.0. The Morgan fingerprint density at radius 3 is 2.33 bits per heavy atom. The number of rotatable bonds is 9. The first-order valence-corrected chi connectivity index (χ1v) is 11.1. The van der Waals surface area contributed by atoms with Crippen molar-refractivity contribution >= 4 is 17.7 Å². The van der Waals surface area contributed by atoms with E-state index in [9.17, 15) is 19.5 Å². The number of hydrogen-bond donors (Lipinski definition) is 1.